The molecule has 5 nitrogen and oxygen atoms in total. The number of nitrogens with zero attached hydrogens (tertiary/aromatic N) is 3. The average Bonchev–Trinajstić information content (AvgIpc) is 3.27. The number of benzene rings is 2. The smallest absolute Gasteiger partial charge is 0.257 e. The molecule has 8 heteroatoms. The molecular weight excluding hydrogens is 498 g/mol. The molecule has 2 N–H and O–H groups in total. The second-order valence-corrected chi connectivity index (χ2v) is 8.97. The monoisotopic (exact) mass is 528 g/mol. The summed E-state index contributed by atoms with van der Waals surface area (Å²) >= 11 is 0. The minimum atomic E-state index is -0.187. The molecule has 190 valence electrons. The summed E-state index contributed by atoms with van der Waals surface area (Å²) in [5.74, 6) is -0.0923. The first-order chi connectivity index (χ1) is 16.6. The highest BCUT2D eigenvalue weighted by Crippen LogP contribution is 2.32. The van der Waals surface area contributed by atoms with Crippen molar-refractivity contribution >= 4 is 41.8 Å². The fraction of sp³-hybridized carbons (Fsp3) is 0.286. The van der Waals surface area contributed by atoms with Crippen LogP contribution in [0, 0.1) is 5.82 Å². The molecular formula is C28H31Cl2FN4O. The van der Waals surface area contributed by atoms with E-state index < -0.39 is 0 Å². The maximum atomic E-state index is 14.5. The number of aromatic nitrogens is 2. The third kappa shape index (κ3) is 5.72. The van der Waals surface area contributed by atoms with Crippen LogP contribution in [0.25, 0.3) is 11.0 Å². The summed E-state index contributed by atoms with van der Waals surface area (Å²) in [5.41, 5.74) is 11.0. The molecule has 1 aliphatic heterocycles. The largest absolute Gasteiger partial charge is 0.345 e. The standard InChI is InChI=1S/C28H29FN4O.2ClH/c29-25-9-8-21(18-30)17-23(25)22-11-15-32(16-12-22)28(34)24-19-33(26-7-4-13-31-27(24)26)14-10-20-5-2-1-3-6-20;;/h1-9,13,17,19,22H,10-12,14-16,18,30H2;2*1H. The average molecular weight is 529 g/mol. The SMILES string of the molecule is Cl.Cl.NCc1ccc(F)c(C2CCN(C(=O)c3cn(CCc4ccccc4)c4cccnc34)CC2)c1. The van der Waals surface area contributed by atoms with Gasteiger partial charge in [0.05, 0.1) is 11.1 Å². The Hall–Kier alpha value is -2.93. The molecule has 0 saturated carbocycles. The number of carbonyl (C=O) groups is 1. The van der Waals surface area contributed by atoms with Crippen LogP contribution in [0.15, 0.2) is 73.1 Å². The number of hydrogen-bond donors (Lipinski definition) is 1. The molecule has 2 aromatic heterocycles. The van der Waals surface area contributed by atoms with E-state index in [0.29, 0.717) is 30.8 Å². The van der Waals surface area contributed by atoms with E-state index in [1.807, 2.05) is 47.5 Å². The van der Waals surface area contributed by atoms with Crippen molar-refractivity contribution in [2.24, 2.45) is 5.73 Å². The molecule has 1 saturated heterocycles. The van der Waals surface area contributed by atoms with Crippen molar-refractivity contribution in [1.29, 1.82) is 0 Å². The number of aryl methyl sites for hydroxylation is 2. The minimum Gasteiger partial charge on any atom is -0.345 e. The first-order valence-corrected chi connectivity index (χ1v) is 11.9. The van der Waals surface area contributed by atoms with E-state index in [4.69, 9.17) is 5.73 Å². The second kappa shape index (κ2) is 12.3. The highest BCUT2D eigenvalue weighted by Gasteiger charge is 2.28. The van der Waals surface area contributed by atoms with E-state index >= 15 is 0 Å². The molecule has 1 amide bonds. The lowest BCUT2D eigenvalue weighted by atomic mass is 9.88. The van der Waals surface area contributed by atoms with Crippen molar-refractivity contribution in [2.45, 2.75) is 38.3 Å². The lowest BCUT2D eigenvalue weighted by Gasteiger charge is -2.32. The van der Waals surface area contributed by atoms with Crippen molar-refractivity contribution < 1.29 is 9.18 Å². The molecule has 1 aliphatic rings. The van der Waals surface area contributed by atoms with E-state index in [-0.39, 0.29) is 42.5 Å². The molecule has 2 aromatic carbocycles. The number of carbonyl (C=O) groups excluding carboxylic acids is 1. The number of nitrogens with two attached hydrogens (primary N) is 1. The number of fused-ring (bicyclic) bond motifs is 1. The third-order valence-corrected chi connectivity index (χ3v) is 6.87. The predicted octanol–water partition coefficient (Wildman–Crippen LogP) is 5.74. The summed E-state index contributed by atoms with van der Waals surface area (Å²) < 4.78 is 16.6. The molecule has 0 unspecified atom stereocenters. The number of likely N-dealkylation sites (tertiary alicyclic amines) is 1. The Kier molecular flexibility index (Phi) is 9.49. The number of pyridine rings is 1. The van der Waals surface area contributed by atoms with Gasteiger partial charge in [0.2, 0.25) is 0 Å². The van der Waals surface area contributed by atoms with E-state index in [1.54, 1.807) is 12.3 Å². The fourth-order valence-corrected chi connectivity index (χ4v) is 4.96. The fourth-order valence-electron chi connectivity index (χ4n) is 4.96. The van der Waals surface area contributed by atoms with Gasteiger partial charge in [-0.3, -0.25) is 9.78 Å². The molecule has 36 heavy (non-hydrogen) atoms. The van der Waals surface area contributed by atoms with Crippen LogP contribution in [-0.2, 0) is 19.5 Å². The Morgan fingerprint density at radius 2 is 1.75 bits per heavy atom. The van der Waals surface area contributed by atoms with Crippen LogP contribution in [0.3, 0.4) is 0 Å². The van der Waals surface area contributed by atoms with Gasteiger partial charge >= 0.3 is 0 Å². The van der Waals surface area contributed by atoms with Crippen molar-refractivity contribution in [1.82, 2.24) is 14.5 Å². The number of amides is 1. The summed E-state index contributed by atoms with van der Waals surface area (Å²) in [7, 11) is 0. The van der Waals surface area contributed by atoms with E-state index in [1.165, 1.54) is 11.6 Å². The summed E-state index contributed by atoms with van der Waals surface area (Å²) in [6.45, 7) is 2.36. The Balaban J connectivity index is 0.00000180. The lowest BCUT2D eigenvalue weighted by molar-refractivity contribution is 0.0714. The van der Waals surface area contributed by atoms with Crippen molar-refractivity contribution in [3.05, 3.63) is 101 Å². The predicted molar refractivity (Wildman–Crippen MR) is 147 cm³/mol. The molecule has 1 fully saturated rings. The van der Waals surface area contributed by atoms with Crippen molar-refractivity contribution in [3.8, 4) is 0 Å². The zero-order valence-corrected chi connectivity index (χ0v) is 21.6. The van der Waals surface area contributed by atoms with Gasteiger partial charge in [-0.15, -0.1) is 24.8 Å². The Bertz CT molecular complexity index is 1300. The molecule has 0 bridgehead atoms. The zero-order chi connectivity index (χ0) is 23.5. The summed E-state index contributed by atoms with van der Waals surface area (Å²) in [6, 6.07) is 19.4. The summed E-state index contributed by atoms with van der Waals surface area (Å²) in [4.78, 5) is 19.9. The van der Waals surface area contributed by atoms with E-state index in [9.17, 15) is 9.18 Å². The number of piperidine rings is 1. The first-order valence-electron chi connectivity index (χ1n) is 11.9. The van der Waals surface area contributed by atoms with Gasteiger partial charge in [-0.05, 0) is 60.1 Å². The van der Waals surface area contributed by atoms with Crippen LogP contribution < -0.4 is 5.73 Å². The molecule has 0 atom stereocenters. The van der Waals surface area contributed by atoms with Crippen LogP contribution in [0.4, 0.5) is 4.39 Å². The van der Waals surface area contributed by atoms with Crippen LogP contribution in [0.1, 0.15) is 45.8 Å². The molecule has 3 heterocycles. The number of hydrogen-bond acceptors (Lipinski definition) is 3. The number of halogens is 3. The Morgan fingerprint density at radius 3 is 2.47 bits per heavy atom. The van der Waals surface area contributed by atoms with Gasteiger partial charge < -0.3 is 15.2 Å². The quantitative estimate of drug-likeness (QED) is 0.347. The third-order valence-electron chi connectivity index (χ3n) is 6.87. The highest BCUT2D eigenvalue weighted by molar-refractivity contribution is 6.05. The minimum absolute atomic E-state index is 0. The molecule has 0 radical (unpaired) electrons. The van der Waals surface area contributed by atoms with Crippen molar-refractivity contribution in [2.75, 3.05) is 13.1 Å². The normalized spacial score (nSPS) is 13.8. The van der Waals surface area contributed by atoms with Gasteiger partial charge in [0.1, 0.15) is 11.3 Å². The van der Waals surface area contributed by atoms with Gasteiger partial charge in [0.25, 0.3) is 5.91 Å². The van der Waals surface area contributed by atoms with Gasteiger partial charge in [0.15, 0.2) is 0 Å². The van der Waals surface area contributed by atoms with Crippen molar-refractivity contribution in [3.63, 3.8) is 0 Å². The van der Waals surface area contributed by atoms with Gasteiger partial charge in [-0.1, -0.05) is 42.5 Å². The maximum absolute atomic E-state index is 14.5. The van der Waals surface area contributed by atoms with Crippen LogP contribution >= 0.6 is 24.8 Å². The van der Waals surface area contributed by atoms with Gasteiger partial charge in [0, 0.05) is 38.6 Å². The van der Waals surface area contributed by atoms with E-state index in [2.05, 4.69) is 21.7 Å². The maximum Gasteiger partial charge on any atom is 0.257 e. The molecule has 0 aliphatic carbocycles. The highest BCUT2D eigenvalue weighted by atomic mass is 35.5. The summed E-state index contributed by atoms with van der Waals surface area (Å²) in [5, 5.41) is 0. The molecule has 4 aromatic rings. The van der Waals surface area contributed by atoms with Crippen LogP contribution in [0.5, 0.6) is 0 Å². The Morgan fingerprint density at radius 1 is 1.00 bits per heavy atom. The van der Waals surface area contributed by atoms with Gasteiger partial charge in [-0.2, -0.15) is 0 Å². The Labute approximate surface area is 223 Å². The zero-order valence-electron chi connectivity index (χ0n) is 20.0. The lowest BCUT2D eigenvalue weighted by Crippen LogP contribution is -2.38. The topological polar surface area (TPSA) is 64.2 Å². The second-order valence-electron chi connectivity index (χ2n) is 8.97. The summed E-state index contributed by atoms with van der Waals surface area (Å²) in [6.07, 6.45) is 6.03. The molecule has 5 rings (SSSR count). The first kappa shape index (κ1) is 27.7. The van der Waals surface area contributed by atoms with E-state index in [0.717, 1.165) is 42.4 Å². The van der Waals surface area contributed by atoms with Crippen LogP contribution in [-0.4, -0.2) is 33.4 Å². The van der Waals surface area contributed by atoms with Crippen LogP contribution in [0.2, 0.25) is 0 Å². The van der Waals surface area contributed by atoms with Gasteiger partial charge in [-0.25, -0.2) is 4.39 Å². The molecule has 0 spiro atoms. The number of rotatable bonds is 6.